The van der Waals surface area contributed by atoms with Gasteiger partial charge in [0.1, 0.15) is 5.75 Å². The van der Waals surface area contributed by atoms with Crippen LogP contribution in [0.4, 0.5) is 0 Å². The SMILES string of the molecule is C[C@]12CC[C@H]3[C@@H](CCC4=C/C(=N/OCC(=O)NCCc5ccc(O)cc5)CC[C@@]43C)[C@H]1CC[C@H]2O. The summed E-state index contributed by atoms with van der Waals surface area (Å²) in [7, 11) is 0. The number of hydrogen-bond donors (Lipinski definition) is 3. The molecule has 0 aliphatic heterocycles. The van der Waals surface area contributed by atoms with Crippen LogP contribution in [0.2, 0.25) is 0 Å². The van der Waals surface area contributed by atoms with Gasteiger partial charge in [0.2, 0.25) is 0 Å². The molecule has 0 saturated heterocycles. The summed E-state index contributed by atoms with van der Waals surface area (Å²) < 4.78 is 0. The number of fused-ring (bicyclic) bond motifs is 5. The van der Waals surface area contributed by atoms with Gasteiger partial charge in [0.25, 0.3) is 5.91 Å². The Morgan fingerprint density at radius 2 is 1.89 bits per heavy atom. The van der Waals surface area contributed by atoms with Crippen LogP contribution in [0.25, 0.3) is 0 Å². The molecule has 6 atom stereocenters. The van der Waals surface area contributed by atoms with E-state index < -0.39 is 0 Å². The number of aromatic hydroxyl groups is 1. The van der Waals surface area contributed by atoms with Crippen molar-refractivity contribution in [2.24, 2.45) is 33.7 Å². The van der Waals surface area contributed by atoms with Crippen LogP contribution in [0.15, 0.2) is 41.1 Å². The largest absolute Gasteiger partial charge is 0.508 e. The molecule has 1 amide bonds. The summed E-state index contributed by atoms with van der Waals surface area (Å²) in [6.07, 6.45) is 11.7. The van der Waals surface area contributed by atoms with Crippen molar-refractivity contribution in [3.63, 3.8) is 0 Å². The Kier molecular flexibility index (Phi) is 6.69. The Hall–Kier alpha value is -2.34. The Morgan fingerprint density at radius 1 is 1.09 bits per heavy atom. The zero-order valence-corrected chi connectivity index (χ0v) is 21.1. The highest BCUT2D eigenvalue weighted by Crippen LogP contribution is 2.65. The van der Waals surface area contributed by atoms with Gasteiger partial charge in [-0.2, -0.15) is 0 Å². The lowest BCUT2D eigenvalue weighted by molar-refractivity contribution is -0.125. The quantitative estimate of drug-likeness (QED) is 0.513. The lowest BCUT2D eigenvalue weighted by atomic mass is 9.47. The standard InChI is InChI=1S/C29H40N2O4/c1-28-14-11-21(31-35-18-27(34)30-16-13-19-3-6-22(32)7-4-19)17-20(28)5-8-23-24-9-10-26(33)29(24,2)15-12-25(23)28/h3-4,6-7,17,23-26,32-33H,5,8-16,18H2,1-2H3,(H,30,34)/b31-21+/t23-,24+,25-,26+,28-,29-/m0/s1. The first-order valence-electron chi connectivity index (χ1n) is 13.4. The molecular weight excluding hydrogens is 440 g/mol. The normalized spacial score (nSPS) is 37.1. The Morgan fingerprint density at radius 3 is 2.69 bits per heavy atom. The van der Waals surface area contributed by atoms with Crippen molar-refractivity contribution in [2.45, 2.75) is 77.7 Å². The van der Waals surface area contributed by atoms with Crippen LogP contribution in [-0.2, 0) is 16.1 Å². The Balaban J connectivity index is 1.14. The summed E-state index contributed by atoms with van der Waals surface area (Å²) in [5.41, 5.74) is 3.86. The number of nitrogens with one attached hydrogen (secondary N) is 1. The fourth-order valence-electron chi connectivity index (χ4n) is 7.85. The maximum atomic E-state index is 12.1. The molecule has 0 aromatic heterocycles. The van der Waals surface area contributed by atoms with Crippen LogP contribution in [0.3, 0.4) is 0 Å². The molecule has 190 valence electrons. The lowest BCUT2D eigenvalue weighted by Gasteiger charge is -2.57. The van der Waals surface area contributed by atoms with Gasteiger partial charge in [0, 0.05) is 6.54 Å². The number of oxime groups is 1. The number of amides is 1. The van der Waals surface area contributed by atoms with Gasteiger partial charge in [0.05, 0.1) is 11.8 Å². The topological polar surface area (TPSA) is 91.2 Å². The molecule has 6 heteroatoms. The van der Waals surface area contributed by atoms with E-state index in [1.54, 1.807) is 12.1 Å². The van der Waals surface area contributed by atoms with Crippen molar-refractivity contribution in [3.05, 3.63) is 41.5 Å². The average Bonchev–Trinajstić information content (AvgIpc) is 3.15. The minimum Gasteiger partial charge on any atom is -0.508 e. The van der Waals surface area contributed by atoms with E-state index in [9.17, 15) is 15.0 Å². The molecule has 4 aliphatic rings. The van der Waals surface area contributed by atoms with E-state index in [2.05, 4.69) is 30.4 Å². The van der Waals surface area contributed by atoms with Gasteiger partial charge in [-0.05, 0) is 110 Å². The van der Waals surface area contributed by atoms with Gasteiger partial charge in [-0.1, -0.05) is 36.7 Å². The number of rotatable bonds is 6. The number of hydrogen-bond acceptors (Lipinski definition) is 5. The first-order valence-corrected chi connectivity index (χ1v) is 13.4. The summed E-state index contributed by atoms with van der Waals surface area (Å²) in [6.45, 7) is 5.24. The third kappa shape index (κ3) is 4.62. The number of nitrogens with zero attached hydrogens (tertiary/aromatic N) is 1. The molecule has 3 N–H and O–H groups in total. The summed E-state index contributed by atoms with van der Waals surface area (Å²) in [5.74, 6) is 2.17. The molecule has 5 rings (SSSR count). The Bertz CT molecular complexity index is 1000. The summed E-state index contributed by atoms with van der Waals surface area (Å²) in [6, 6.07) is 7.00. The molecule has 3 saturated carbocycles. The maximum absolute atomic E-state index is 12.1. The molecule has 0 radical (unpaired) electrons. The number of aliphatic hydroxyl groups excluding tert-OH is 1. The van der Waals surface area contributed by atoms with Gasteiger partial charge in [-0.15, -0.1) is 0 Å². The van der Waals surface area contributed by atoms with Crippen molar-refractivity contribution in [3.8, 4) is 5.75 Å². The highest BCUT2D eigenvalue weighted by atomic mass is 16.6. The minimum absolute atomic E-state index is 0.0766. The molecule has 4 aliphatic carbocycles. The number of phenols is 1. The average molecular weight is 481 g/mol. The molecule has 1 aromatic carbocycles. The van der Waals surface area contributed by atoms with Crippen molar-refractivity contribution >= 4 is 11.6 Å². The summed E-state index contributed by atoms with van der Waals surface area (Å²) in [4.78, 5) is 17.6. The van der Waals surface area contributed by atoms with Crippen molar-refractivity contribution < 1.29 is 19.8 Å². The predicted octanol–water partition coefficient (Wildman–Crippen LogP) is 4.75. The van der Waals surface area contributed by atoms with E-state index in [0.717, 1.165) is 49.3 Å². The highest BCUT2D eigenvalue weighted by molar-refractivity contribution is 5.96. The second-order valence-corrected chi connectivity index (χ2v) is 11.8. The van der Waals surface area contributed by atoms with Gasteiger partial charge in [-0.3, -0.25) is 4.79 Å². The first-order chi connectivity index (χ1) is 16.8. The van der Waals surface area contributed by atoms with Crippen LogP contribution in [0.5, 0.6) is 5.75 Å². The second-order valence-electron chi connectivity index (χ2n) is 11.8. The van der Waals surface area contributed by atoms with E-state index in [1.165, 1.54) is 24.8 Å². The molecule has 3 fully saturated rings. The molecule has 1 aromatic rings. The first kappa shape index (κ1) is 24.4. The molecule has 6 nitrogen and oxygen atoms in total. The molecule has 0 heterocycles. The second kappa shape index (κ2) is 9.61. The minimum atomic E-state index is -0.175. The summed E-state index contributed by atoms with van der Waals surface area (Å²) in [5, 5.41) is 27.2. The monoisotopic (exact) mass is 480 g/mol. The van der Waals surface area contributed by atoms with Crippen molar-refractivity contribution in [2.75, 3.05) is 13.2 Å². The van der Waals surface area contributed by atoms with Gasteiger partial charge in [0.15, 0.2) is 6.61 Å². The van der Waals surface area contributed by atoms with E-state index in [4.69, 9.17) is 4.84 Å². The fraction of sp³-hybridized carbons (Fsp3) is 0.655. The van der Waals surface area contributed by atoms with Crippen LogP contribution in [0.1, 0.15) is 70.8 Å². The van der Waals surface area contributed by atoms with E-state index in [-0.39, 0.29) is 35.2 Å². The maximum Gasteiger partial charge on any atom is 0.260 e. The number of allylic oxidation sites excluding steroid dienone is 2. The lowest BCUT2D eigenvalue weighted by Crippen LogP contribution is -2.51. The molecule has 0 spiro atoms. The fourth-order valence-corrected chi connectivity index (χ4v) is 7.85. The number of benzene rings is 1. The summed E-state index contributed by atoms with van der Waals surface area (Å²) >= 11 is 0. The molecular formula is C29H40N2O4. The van der Waals surface area contributed by atoms with E-state index in [1.807, 2.05) is 12.1 Å². The Labute approximate surface area is 208 Å². The predicted molar refractivity (Wildman–Crippen MR) is 136 cm³/mol. The zero-order valence-electron chi connectivity index (χ0n) is 21.1. The third-order valence-corrected chi connectivity index (χ3v) is 9.98. The van der Waals surface area contributed by atoms with Crippen LogP contribution < -0.4 is 5.32 Å². The molecule has 35 heavy (non-hydrogen) atoms. The number of aliphatic hydroxyl groups is 1. The van der Waals surface area contributed by atoms with Crippen LogP contribution in [0, 0.1) is 28.6 Å². The number of carbonyl (C=O) groups excluding carboxylic acids is 1. The van der Waals surface area contributed by atoms with Crippen molar-refractivity contribution in [1.29, 1.82) is 0 Å². The van der Waals surface area contributed by atoms with Crippen LogP contribution >= 0.6 is 0 Å². The van der Waals surface area contributed by atoms with Crippen LogP contribution in [-0.4, -0.2) is 41.1 Å². The van der Waals surface area contributed by atoms with Gasteiger partial charge < -0.3 is 20.4 Å². The highest BCUT2D eigenvalue weighted by Gasteiger charge is 2.58. The van der Waals surface area contributed by atoms with Gasteiger partial charge in [-0.25, -0.2) is 0 Å². The molecule has 0 bridgehead atoms. The van der Waals surface area contributed by atoms with Crippen molar-refractivity contribution in [1.82, 2.24) is 5.32 Å². The third-order valence-electron chi connectivity index (χ3n) is 9.98. The number of phenolic OH excluding ortho intramolecular Hbond substituents is 1. The smallest absolute Gasteiger partial charge is 0.260 e. The molecule has 0 unspecified atom stereocenters. The van der Waals surface area contributed by atoms with Gasteiger partial charge >= 0.3 is 0 Å². The zero-order chi connectivity index (χ0) is 24.6. The van der Waals surface area contributed by atoms with E-state index in [0.29, 0.717) is 24.8 Å². The number of carbonyl (C=O) groups is 1. The van der Waals surface area contributed by atoms with E-state index >= 15 is 0 Å².